The highest BCUT2D eigenvalue weighted by Gasteiger charge is 2.55. The summed E-state index contributed by atoms with van der Waals surface area (Å²) in [5.74, 6) is -1.80. The number of urea groups is 1. The van der Waals surface area contributed by atoms with Crippen LogP contribution in [-0.4, -0.2) is 52.9 Å². The average molecular weight is 390 g/mol. The molecule has 1 heterocycles. The Bertz CT molecular complexity index is 724. The normalized spacial score (nSPS) is 28.7. The van der Waals surface area contributed by atoms with Gasteiger partial charge in [0.2, 0.25) is 0 Å². The monoisotopic (exact) mass is 390 g/mol. The molecule has 0 aromatic carbocycles. The van der Waals surface area contributed by atoms with E-state index in [1.165, 1.54) is 0 Å². The Morgan fingerprint density at radius 3 is 2.57 bits per heavy atom. The molecule has 152 valence electrons. The fourth-order valence-corrected chi connectivity index (χ4v) is 4.51. The van der Waals surface area contributed by atoms with E-state index in [9.17, 15) is 24.4 Å². The predicted molar refractivity (Wildman–Crippen MR) is 96.5 cm³/mol. The number of ether oxygens (including phenoxy) is 1. The van der Waals surface area contributed by atoms with Crippen molar-refractivity contribution in [2.24, 2.45) is 5.92 Å². The van der Waals surface area contributed by atoms with Crippen molar-refractivity contribution < 1.29 is 23.9 Å². The van der Waals surface area contributed by atoms with Gasteiger partial charge >= 0.3 is 12.0 Å². The summed E-state index contributed by atoms with van der Waals surface area (Å²) in [7, 11) is 0. The predicted octanol–water partition coefficient (Wildman–Crippen LogP) is 0.983. The van der Waals surface area contributed by atoms with Crippen LogP contribution in [0.2, 0.25) is 0 Å². The smallest absolute Gasteiger partial charge is 0.326 e. The van der Waals surface area contributed by atoms with Gasteiger partial charge in [0, 0.05) is 0 Å². The van der Waals surface area contributed by atoms with Gasteiger partial charge in [0.25, 0.3) is 11.8 Å². The molecule has 2 atom stereocenters. The average Bonchev–Trinajstić information content (AvgIpc) is 3.22. The summed E-state index contributed by atoms with van der Waals surface area (Å²) in [6.45, 7) is 0.848. The minimum atomic E-state index is -0.936. The van der Waals surface area contributed by atoms with Gasteiger partial charge in [0.1, 0.15) is 17.6 Å². The van der Waals surface area contributed by atoms with Crippen molar-refractivity contribution in [1.29, 1.82) is 5.26 Å². The Kier molecular flexibility index (Phi) is 5.59. The largest absolute Gasteiger partial charge is 0.454 e. The third-order valence-corrected chi connectivity index (χ3v) is 6.20. The quantitative estimate of drug-likeness (QED) is 0.532. The molecule has 28 heavy (non-hydrogen) atoms. The molecule has 9 nitrogen and oxygen atoms in total. The Balaban J connectivity index is 1.52. The van der Waals surface area contributed by atoms with Crippen LogP contribution < -0.4 is 10.6 Å². The number of nitrogens with zero attached hydrogens (tertiary/aromatic N) is 2. The number of rotatable bonds is 5. The second kappa shape index (κ2) is 7.78. The Morgan fingerprint density at radius 2 is 1.93 bits per heavy atom. The fourth-order valence-electron chi connectivity index (χ4n) is 4.51. The maximum Gasteiger partial charge on any atom is 0.326 e. The minimum absolute atomic E-state index is 0.00178. The van der Waals surface area contributed by atoms with Crippen molar-refractivity contribution in [2.75, 3.05) is 13.2 Å². The highest BCUT2D eigenvalue weighted by molar-refractivity contribution is 6.09. The van der Waals surface area contributed by atoms with E-state index in [0.29, 0.717) is 19.3 Å². The van der Waals surface area contributed by atoms with Crippen LogP contribution in [0, 0.1) is 17.2 Å². The topological polar surface area (TPSA) is 129 Å². The van der Waals surface area contributed by atoms with Crippen molar-refractivity contribution in [3.63, 3.8) is 0 Å². The van der Waals surface area contributed by atoms with E-state index in [1.54, 1.807) is 0 Å². The fraction of sp³-hybridized carbons (Fsp3) is 0.737. The molecule has 1 spiro atoms. The molecule has 3 aliphatic rings. The highest BCUT2D eigenvalue weighted by Crippen LogP contribution is 2.38. The molecule has 2 N–H and O–H groups in total. The molecule has 0 aromatic rings. The number of nitrogens with one attached hydrogen (secondary N) is 2. The maximum atomic E-state index is 12.8. The summed E-state index contributed by atoms with van der Waals surface area (Å²) in [5, 5.41) is 14.7. The summed E-state index contributed by atoms with van der Waals surface area (Å²) in [4.78, 5) is 50.0. The number of carbonyl (C=O) groups is 4. The van der Waals surface area contributed by atoms with E-state index in [4.69, 9.17) is 4.74 Å². The van der Waals surface area contributed by atoms with Crippen LogP contribution in [0.3, 0.4) is 0 Å². The lowest BCUT2D eigenvalue weighted by Gasteiger charge is -2.36. The summed E-state index contributed by atoms with van der Waals surface area (Å²) in [5.41, 5.74) is -1.83. The molecule has 0 aromatic heterocycles. The molecule has 9 heteroatoms. The van der Waals surface area contributed by atoms with Crippen molar-refractivity contribution in [2.45, 2.75) is 69.4 Å². The van der Waals surface area contributed by atoms with Crippen LogP contribution in [0.5, 0.6) is 0 Å². The van der Waals surface area contributed by atoms with Gasteiger partial charge in [0.15, 0.2) is 6.61 Å². The van der Waals surface area contributed by atoms with Gasteiger partial charge in [-0.2, -0.15) is 5.26 Å². The van der Waals surface area contributed by atoms with E-state index in [1.807, 2.05) is 6.92 Å². The molecule has 0 radical (unpaired) electrons. The van der Waals surface area contributed by atoms with Crippen molar-refractivity contribution >= 4 is 23.8 Å². The zero-order valence-electron chi connectivity index (χ0n) is 16.1. The van der Waals surface area contributed by atoms with Gasteiger partial charge in [0.05, 0.1) is 6.07 Å². The van der Waals surface area contributed by atoms with Crippen molar-refractivity contribution in [3.05, 3.63) is 0 Å². The van der Waals surface area contributed by atoms with Crippen LogP contribution in [0.25, 0.3) is 0 Å². The van der Waals surface area contributed by atoms with Gasteiger partial charge in [-0.25, -0.2) is 4.79 Å². The summed E-state index contributed by atoms with van der Waals surface area (Å²) in [6, 6.07) is 1.52. The third-order valence-electron chi connectivity index (χ3n) is 6.20. The van der Waals surface area contributed by atoms with Gasteiger partial charge in [-0.3, -0.25) is 19.3 Å². The van der Waals surface area contributed by atoms with Crippen molar-refractivity contribution in [3.8, 4) is 6.07 Å². The number of amides is 4. The van der Waals surface area contributed by atoms with E-state index in [-0.39, 0.29) is 5.92 Å². The Labute approximate surface area is 163 Å². The van der Waals surface area contributed by atoms with E-state index < -0.39 is 48.0 Å². The zero-order chi connectivity index (χ0) is 20.4. The van der Waals surface area contributed by atoms with Gasteiger partial charge in [-0.05, 0) is 44.4 Å². The van der Waals surface area contributed by atoms with E-state index >= 15 is 0 Å². The molecule has 1 saturated heterocycles. The molecule has 2 saturated carbocycles. The minimum Gasteiger partial charge on any atom is -0.454 e. The van der Waals surface area contributed by atoms with Gasteiger partial charge in [-0.15, -0.1) is 0 Å². The number of esters is 1. The van der Waals surface area contributed by atoms with E-state index in [2.05, 4.69) is 16.7 Å². The molecule has 0 bridgehead atoms. The summed E-state index contributed by atoms with van der Waals surface area (Å²) < 4.78 is 4.93. The standard InChI is InChI=1S/C19H26N4O5/c1-13-6-2-3-9-19(13)16(26)23(17(27)22-19)10-15(25)28-11-14(24)21-18(12-20)7-4-5-8-18/h13H,2-11H2,1H3,(H,21,24)(H,22,27)/t13-,19+/m1/s1. The summed E-state index contributed by atoms with van der Waals surface area (Å²) in [6.07, 6.45) is 6.12. The third kappa shape index (κ3) is 3.68. The molecule has 3 rings (SSSR count). The van der Waals surface area contributed by atoms with Gasteiger partial charge < -0.3 is 15.4 Å². The molecule has 0 unspecified atom stereocenters. The molecule has 3 fully saturated rings. The summed E-state index contributed by atoms with van der Waals surface area (Å²) >= 11 is 0. The molecule has 2 aliphatic carbocycles. The lowest BCUT2D eigenvalue weighted by atomic mass is 9.73. The SMILES string of the molecule is C[C@@H]1CCCC[C@]12NC(=O)N(CC(=O)OCC(=O)NC1(C#N)CCCC1)C2=O. The van der Waals surface area contributed by atoms with Crippen molar-refractivity contribution in [1.82, 2.24) is 15.5 Å². The number of hydrogen-bond acceptors (Lipinski definition) is 6. The Hall–Kier alpha value is -2.63. The van der Waals surface area contributed by atoms with Crippen LogP contribution in [0.4, 0.5) is 4.79 Å². The number of hydrogen-bond donors (Lipinski definition) is 2. The second-order valence-corrected chi connectivity index (χ2v) is 8.05. The maximum absolute atomic E-state index is 12.8. The number of nitriles is 1. The molecule has 4 amide bonds. The van der Waals surface area contributed by atoms with Crippen LogP contribution in [0.1, 0.15) is 58.3 Å². The lowest BCUT2D eigenvalue weighted by Crippen LogP contribution is -2.54. The molecular formula is C19H26N4O5. The lowest BCUT2D eigenvalue weighted by molar-refractivity contribution is -0.151. The first-order chi connectivity index (χ1) is 13.3. The van der Waals surface area contributed by atoms with Crippen LogP contribution >= 0.6 is 0 Å². The van der Waals surface area contributed by atoms with Crippen LogP contribution in [0.15, 0.2) is 0 Å². The molecule has 1 aliphatic heterocycles. The van der Waals surface area contributed by atoms with E-state index in [0.717, 1.165) is 37.0 Å². The Morgan fingerprint density at radius 1 is 1.25 bits per heavy atom. The molecular weight excluding hydrogens is 364 g/mol. The van der Waals surface area contributed by atoms with Gasteiger partial charge in [-0.1, -0.05) is 19.8 Å². The van der Waals surface area contributed by atoms with Crippen LogP contribution in [-0.2, 0) is 19.1 Å². The highest BCUT2D eigenvalue weighted by atomic mass is 16.5. The first kappa shape index (κ1) is 20.1. The number of imide groups is 1. The second-order valence-electron chi connectivity index (χ2n) is 8.05. The zero-order valence-corrected chi connectivity index (χ0v) is 16.1. The first-order valence-corrected chi connectivity index (χ1v) is 9.84. The number of carbonyl (C=O) groups excluding carboxylic acids is 4. The first-order valence-electron chi connectivity index (χ1n) is 9.84.